The molecular formula is C8H13NO4. The molecule has 0 aliphatic carbocycles. The number of methoxy groups -OCH3 is 1. The van der Waals surface area contributed by atoms with Gasteiger partial charge in [-0.1, -0.05) is 0 Å². The van der Waals surface area contributed by atoms with E-state index in [0.717, 1.165) is 0 Å². The lowest BCUT2D eigenvalue weighted by molar-refractivity contribution is -0.153. The summed E-state index contributed by atoms with van der Waals surface area (Å²) >= 11 is 0. The molecule has 1 N–H and O–H groups in total. The lowest BCUT2D eigenvalue weighted by Crippen LogP contribution is -2.44. The predicted molar refractivity (Wildman–Crippen MR) is 43.8 cm³/mol. The van der Waals surface area contributed by atoms with Gasteiger partial charge in [0.15, 0.2) is 6.04 Å². The maximum atomic E-state index is 11.2. The van der Waals surface area contributed by atoms with Crippen molar-refractivity contribution in [1.82, 2.24) is 4.90 Å². The molecular weight excluding hydrogens is 174 g/mol. The third-order valence-electron chi connectivity index (χ3n) is 2.21. The van der Waals surface area contributed by atoms with E-state index in [4.69, 9.17) is 0 Å². The largest absolute Gasteiger partial charge is 0.467 e. The van der Waals surface area contributed by atoms with Crippen molar-refractivity contribution in [3.8, 4) is 0 Å². The van der Waals surface area contributed by atoms with Gasteiger partial charge in [0, 0.05) is 13.5 Å². The maximum Gasteiger partial charge on any atom is 0.331 e. The van der Waals surface area contributed by atoms with Crippen molar-refractivity contribution in [2.24, 2.45) is 0 Å². The van der Waals surface area contributed by atoms with Crippen molar-refractivity contribution >= 4 is 11.9 Å². The van der Waals surface area contributed by atoms with Crippen molar-refractivity contribution in [1.29, 1.82) is 0 Å². The molecule has 0 aromatic rings. The van der Waals surface area contributed by atoms with Gasteiger partial charge in [0.2, 0.25) is 5.91 Å². The third-order valence-corrected chi connectivity index (χ3v) is 2.21. The van der Waals surface area contributed by atoms with Crippen LogP contribution < -0.4 is 0 Å². The van der Waals surface area contributed by atoms with Crippen molar-refractivity contribution in [3.05, 3.63) is 0 Å². The Morgan fingerprint density at radius 1 is 1.54 bits per heavy atom. The number of likely N-dealkylation sites (tertiary alicyclic amines) is 1. The normalized spacial score (nSPS) is 27.5. The molecule has 1 amide bonds. The highest BCUT2D eigenvalue weighted by atomic mass is 16.5. The Kier molecular flexibility index (Phi) is 2.87. The van der Waals surface area contributed by atoms with Gasteiger partial charge in [-0.25, -0.2) is 4.79 Å². The van der Waals surface area contributed by atoms with Crippen molar-refractivity contribution < 1.29 is 19.4 Å². The second-order valence-electron chi connectivity index (χ2n) is 3.04. The van der Waals surface area contributed by atoms with Gasteiger partial charge < -0.3 is 14.7 Å². The second kappa shape index (κ2) is 3.74. The molecule has 0 radical (unpaired) electrons. The van der Waals surface area contributed by atoms with E-state index in [1.807, 2.05) is 0 Å². The van der Waals surface area contributed by atoms with E-state index < -0.39 is 18.1 Å². The number of aliphatic hydroxyl groups excluding tert-OH is 1. The first kappa shape index (κ1) is 9.98. The standard InChI is InChI=1S/C8H13NO4/c1-5(10)9-4-3-6(11)7(9)8(12)13-2/h6-7,11H,3-4H2,1-2H3. The van der Waals surface area contributed by atoms with Crippen molar-refractivity contribution in [2.45, 2.75) is 25.5 Å². The summed E-state index contributed by atoms with van der Waals surface area (Å²) in [6.07, 6.45) is -0.365. The highest BCUT2D eigenvalue weighted by Gasteiger charge is 2.40. The van der Waals surface area contributed by atoms with Gasteiger partial charge in [-0.05, 0) is 6.42 Å². The fourth-order valence-corrected chi connectivity index (χ4v) is 1.53. The molecule has 1 aliphatic heterocycles. The molecule has 1 saturated heterocycles. The number of aliphatic hydroxyl groups is 1. The van der Waals surface area contributed by atoms with Crippen LogP contribution in [0.1, 0.15) is 13.3 Å². The zero-order chi connectivity index (χ0) is 10.0. The molecule has 5 nitrogen and oxygen atoms in total. The third kappa shape index (κ3) is 1.80. The first-order chi connectivity index (χ1) is 6.07. The number of hydrogen-bond acceptors (Lipinski definition) is 4. The topological polar surface area (TPSA) is 66.8 Å². The van der Waals surface area contributed by atoms with Crippen LogP contribution in [0.15, 0.2) is 0 Å². The smallest absolute Gasteiger partial charge is 0.331 e. The second-order valence-corrected chi connectivity index (χ2v) is 3.04. The van der Waals surface area contributed by atoms with Crippen LogP contribution in [0.5, 0.6) is 0 Å². The van der Waals surface area contributed by atoms with E-state index in [9.17, 15) is 14.7 Å². The summed E-state index contributed by atoms with van der Waals surface area (Å²) in [5, 5.41) is 9.42. The summed E-state index contributed by atoms with van der Waals surface area (Å²) in [4.78, 5) is 23.5. The Balaban J connectivity index is 2.76. The van der Waals surface area contributed by atoms with Gasteiger partial charge in [0.05, 0.1) is 13.2 Å². The molecule has 5 heteroatoms. The molecule has 74 valence electrons. The first-order valence-corrected chi connectivity index (χ1v) is 4.11. The fraction of sp³-hybridized carbons (Fsp3) is 0.750. The van der Waals surface area contributed by atoms with Gasteiger partial charge in [-0.15, -0.1) is 0 Å². The van der Waals surface area contributed by atoms with Gasteiger partial charge in [0.25, 0.3) is 0 Å². The minimum atomic E-state index is -0.817. The van der Waals surface area contributed by atoms with Gasteiger partial charge in [-0.3, -0.25) is 4.79 Å². The number of ether oxygens (including phenoxy) is 1. The summed E-state index contributed by atoms with van der Waals surface area (Å²) in [5.74, 6) is -0.771. The average molecular weight is 187 g/mol. The lowest BCUT2D eigenvalue weighted by atomic mass is 10.2. The zero-order valence-corrected chi connectivity index (χ0v) is 7.69. The van der Waals surface area contributed by atoms with Gasteiger partial charge in [-0.2, -0.15) is 0 Å². The quantitative estimate of drug-likeness (QED) is 0.542. The Bertz CT molecular complexity index is 228. The van der Waals surface area contributed by atoms with E-state index in [1.54, 1.807) is 0 Å². The number of esters is 1. The molecule has 2 unspecified atom stereocenters. The highest BCUT2D eigenvalue weighted by Crippen LogP contribution is 2.18. The molecule has 1 fully saturated rings. The van der Waals surface area contributed by atoms with Crippen LogP contribution >= 0.6 is 0 Å². The Morgan fingerprint density at radius 2 is 2.15 bits per heavy atom. The van der Waals surface area contributed by atoms with Crippen molar-refractivity contribution in [2.75, 3.05) is 13.7 Å². The lowest BCUT2D eigenvalue weighted by Gasteiger charge is -2.22. The number of carbonyl (C=O) groups is 2. The van der Waals surface area contributed by atoms with Crippen molar-refractivity contribution in [3.63, 3.8) is 0 Å². The predicted octanol–water partition coefficient (Wildman–Crippen LogP) is -0.859. The highest BCUT2D eigenvalue weighted by molar-refractivity contribution is 5.84. The summed E-state index contributed by atoms with van der Waals surface area (Å²) in [6.45, 7) is 1.78. The molecule has 0 saturated carbocycles. The Hall–Kier alpha value is -1.10. The SMILES string of the molecule is COC(=O)C1C(O)CCN1C(C)=O. The number of nitrogens with zero attached hydrogens (tertiary/aromatic N) is 1. The van der Waals surface area contributed by atoms with Crippen LogP contribution in [0.2, 0.25) is 0 Å². The monoisotopic (exact) mass is 187 g/mol. The van der Waals surface area contributed by atoms with E-state index in [-0.39, 0.29) is 5.91 Å². The molecule has 1 aliphatic rings. The van der Waals surface area contributed by atoms with Gasteiger partial charge >= 0.3 is 5.97 Å². The molecule has 0 aromatic carbocycles. The summed E-state index contributed by atoms with van der Waals surface area (Å²) in [6, 6.07) is -0.817. The molecule has 2 atom stereocenters. The average Bonchev–Trinajstić information content (AvgIpc) is 2.46. The number of carbonyl (C=O) groups excluding carboxylic acids is 2. The van der Waals surface area contributed by atoms with Crippen LogP contribution in [-0.4, -0.2) is 47.7 Å². The fourth-order valence-electron chi connectivity index (χ4n) is 1.53. The summed E-state index contributed by atoms with van der Waals surface area (Å²) in [5.41, 5.74) is 0. The number of rotatable bonds is 1. The molecule has 0 bridgehead atoms. The molecule has 1 heterocycles. The first-order valence-electron chi connectivity index (χ1n) is 4.11. The molecule has 13 heavy (non-hydrogen) atoms. The number of hydrogen-bond donors (Lipinski definition) is 1. The van der Waals surface area contributed by atoms with Crippen LogP contribution in [-0.2, 0) is 14.3 Å². The van der Waals surface area contributed by atoms with E-state index in [2.05, 4.69) is 4.74 Å². The summed E-state index contributed by atoms with van der Waals surface area (Å²) in [7, 11) is 1.24. The number of amides is 1. The minimum absolute atomic E-state index is 0.216. The maximum absolute atomic E-state index is 11.2. The van der Waals surface area contributed by atoms with E-state index in [1.165, 1.54) is 18.9 Å². The van der Waals surface area contributed by atoms with Crippen LogP contribution in [0, 0.1) is 0 Å². The van der Waals surface area contributed by atoms with E-state index in [0.29, 0.717) is 13.0 Å². The van der Waals surface area contributed by atoms with Crippen LogP contribution in [0.3, 0.4) is 0 Å². The zero-order valence-electron chi connectivity index (χ0n) is 7.69. The van der Waals surface area contributed by atoms with Gasteiger partial charge in [0.1, 0.15) is 0 Å². The molecule has 0 aromatic heterocycles. The Labute approximate surface area is 76.3 Å². The molecule has 1 rings (SSSR count). The van der Waals surface area contributed by atoms with Crippen LogP contribution in [0.25, 0.3) is 0 Å². The minimum Gasteiger partial charge on any atom is -0.467 e. The summed E-state index contributed by atoms with van der Waals surface area (Å²) < 4.78 is 4.49. The van der Waals surface area contributed by atoms with Crippen LogP contribution in [0.4, 0.5) is 0 Å². The Morgan fingerprint density at radius 3 is 2.62 bits per heavy atom. The van der Waals surface area contributed by atoms with E-state index >= 15 is 0 Å². The molecule has 0 spiro atoms.